The zero-order chi connectivity index (χ0) is 14.7. The largest absolute Gasteiger partial charge is 0.496 e. The van der Waals surface area contributed by atoms with Crippen LogP contribution in [0.15, 0.2) is 18.2 Å². The Morgan fingerprint density at radius 3 is 2.80 bits per heavy atom. The molecule has 0 aliphatic heterocycles. The first-order valence-electron chi connectivity index (χ1n) is 7.21. The molecule has 1 aromatic carbocycles. The van der Waals surface area contributed by atoms with E-state index in [0.29, 0.717) is 0 Å². The van der Waals surface area contributed by atoms with Crippen molar-refractivity contribution >= 4 is 5.91 Å². The van der Waals surface area contributed by atoms with Crippen LogP contribution in [0.5, 0.6) is 5.75 Å². The number of benzene rings is 1. The third kappa shape index (κ3) is 3.31. The third-order valence-electron chi connectivity index (χ3n) is 4.05. The summed E-state index contributed by atoms with van der Waals surface area (Å²) in [4.78, 5) is 12.3. The van der Waals surface area contributed by atoms with Gasteiger partial charge in [0.15, 0.2) is 0 Å². The van der Waals surface area contributed by atoms with E-state index in [1.54, 1.807) is 7.11 Å². The van der Waals surface area contributed by atoms with Gasteiger partial charge in [-0.25, -0.2) is 0 Å². The molecule has 1 saturated carbocycles. The van der Waals surface area contributed by atoms with E-state index in [1.807, 2.05) is 26.0 Å². The Morgan fingerprint density at radius 2 is 2.20 bits per heavy atom. The molecule has 1 fully saturated rings. The lowest BCUT2D eigenvalue weighted by Crippen LogP contribution is -2.32. The van der Waals surface area contributed by atoms with Crippen molar-refractivity contribution in [3.63, 3.8) is 0 Å². The molecule has 0 aromatic heterocycles. The summed E-state index contributed by atoms with van der Waals surface area (Å²) >= 11 is 0. The first kappa shape index (κ1) is 14.9. The lowest BCUT2D eigenvalue weighted by Gasteiger charge is -2.20. The van der Waals surface area contributed by atoms with E-state index in [1.165, 1.54) is 0 Å². The number of aryl methyl sites for hydroxylation is 1. The third-order valence-corrected chi connectivity index (χ3v) is 4.05. The van der Waals surface area contributed by atoms with Crippen molar-refractivity contribution in [3.05, 3.63) is 29.3 Å². The van der Waals surface area contributed by atoms with Crippen LogP contribution in [-0.2, 0) is 4.79 Å². The van der Waals surface area contributed by atoms with Crippen LogP contribution in [0, 0.1) is 12.8 Å². The van der Waals surface area contributed by atoms with Gasteiger partial charge >= 0.3 is 0 Å². The zero-order valence-electron chi connectivity index (χ0n) is 12.5. The number of carbonyl (C=O) groups is 1. The Balaban J connectivity index is 2.06. The molecule has 2 rings (SSSR count). The molecule has 0 saturated heterocycles. The lowest BCUT2D eigenvalue weighted by molar-refractivity contribution is -0.125. The quantitative estimate of drug-likeness (QED) is 0.887. The Hall–Kier alpha value is -1.55. The Bertz CT molecular complexity index is 487. The average molecular weight is 276 g/mol. The maximum Gasteiger partial charge on any atom is 0.223 e. The van der Waals surface area contributed by atoms with Crippen molar-refractivity contribution in [2.24, 2.45) is 11.7 Å². The van der Waals surface area contributed by atoms with Gasteiger partial charge in [-0.05, 0) is 39.2 Å². The van der Waals surface area contributed by atoms with Crippen LogP contribution in [0.4, 0.5) is 0 Å². The van der Waals surface area contributed by atoms with Crippen molar-refractivity contribution in [2.75, 3.05) is 7.11 Å². The van der Waals surface area contributed by atoms with E-state index >= 15 is 0 Å². The molecule has 3 N–H and O–H groups in total. The normalized spacial score (nSPS) is 23.4. The summed E-state index contributed by atoms with van der Waals surface area (Å²) in [6.45, 7) is 4.03. The van der Waals surface area contributed by atoms with Crippen molar-refractivity contribution in [1.29, 1.82) is 0 Å². The fraction of sp³-hybridized carbons (Fsp3) is 0.562. The molecule has 1 aliphatic carbocycles. The van der Waals surface area contributed by atoms with Gasteiger partial charge in [-0.3, -0.25) is 4.79 Å². The van der Waals surface area contributed by atoms with Crippen LogP contribution >= 0.6 is 0 Å². The van der Waals surface area contributed by atoms with Gasteiger partial charge < -0.3 is 15.8 Å². The second-order valence-corrected chi connectivity index (χ2v) is 5.75. The molecule has 0 spiro atoms. The molecular formula is C16H24N2O2. The van der Waals surface area contributed by atoms with Gasteiger partial charge in [-0.15, -0.1) is 0 Å². The smallest absolute Gasteiger partial charge is 0.223 e. The fourth-order valence-electron chi connectivity index (χ4n) is 2.86. The first-order valence-corrected chi connectivity index (χ1v) is 7.21. The molecule has 4 heteroatoms. The minimum Gasteiger partial charge on any atom is -0.496 e. The highest BCUT2D eigenvalue weighted by atomic mass is 16.5. The number of amides is 1. The molecule has 0 heterocycles. The molecule has 1 aliphatic rings. The van der Waals surface area contributed by atoms with Gasteiger partial charge in [0.2, 0.25) is 5.91 Å². The van der Waals surface area contributed by atoms with Crippen molar-refractivity contribution in [2.45, 2.75) is 45.2 Å². The zero-order valence-corrected chi connectivity index (χ0v) is 12.5. The minimum atomic E-state index is -0.0609. The highest BCUT2D eigenvalue weighted by molar-refractivity contribution is 5.79. The molecule has 0 radical (unpaired) electrons. The second-order valence-electron chi connectivity index (χ2n) is 5.75. The van der Waals surface area contributed by atoms with Crippen molar-refractivity contribution < 1.29 is 9.53 Å². The number of carbonyl (C=O) groups excluding carboxylic acids is 1. The van der Waals surface area contributed by atoms with Gasteiger partial charge in [0, 0.05) is 17.5 Å². The summed E-state index contributed by atoms with van der Waals surface area (Å²) in [6.07, 6.45) is 2.63. The molecule has 1 amide bonds. The van der Waals surface area contributed by atoms with Crippen LogP contribution in [0.2, 0.25) is 0 Å². The summed E-state index contributed by atoms with van der Waals surface area (Å²) in [5, 5.41) is 3.09. The lowest BCUT2D eigenvalue weighted by atomic mass is 10.0. The molecular weight excluding hydrogens is 252 g/mol. The molecule has 3 atom stereocenters. The van der Waals surface area contributed by atoms with Crippen LogP contribution < -0.4 is 15.8 Å². The fourth-order valence-corrected chi connectivity index (χ4v) is 2.86. The predicted molar refractivity (Wildman–Crippen MR) is 79.6 cm³/mol. The minimum absolute atomic E-state index is 0.0586. The van der Waals surface area contributed by atoms with Crippen LogP contribution in [0.1, 0.15) is 43.4 Å². The van der Waals surface area contributed by atoms with Crippen molar-refractivity contribution in [1.82, 2.24) is 5.32 Å². The summed E-state index contributed by atoms with van der Waals surface area (Å²) in [6, 6.07) is 6.12. The summed E-state index contributed by atoms with van der Waals surface area (Å²) in [5.41, 5.74) is 8.04. The van der Waals surface area contributed by atoms with E-state index in [-0.39, 0.29) is 23.9 Å². The number of nitrogens with one attached hydrogen (secondary N) is 1. The van der Waals surface area contributed by atoms with Gasteiger partial charge in [0.1, 0.15) is 5.75 Å². The summed E-state index contributed by atoms with van der Waals surface area (Å²) in [7, 11) is 1.65. The Labute approximate surface area is 120 Å². The van der Waals surface area contributed by atoms with Gasteiger partial charge in [0.05, 0.1) is 13.2 Å². The Morgan fingerprint density at radius 1 is 1.45 bits per heavy atom. The highest BCUT2D eigenvalue weighted by Gasteiger charge is 2.28. The van der Waals surface area contributed by atoms with E-state index < -0.39 is 0 Å². The van der Waals surface area contributed by atoms with Crippen molar-refractivity contribution in [3.8, 4) is 5.75 Å². The molecule has 4 nitrogen and oxygen atoms in total. The molecule has 1 aromatic rings. The maximum absolute atomic E-state index is 12.3. The number of rotatable bonds is 4. The van der Waals surface area contributed by atoms with Gasteiger partial charge in [-0.2, -0.15) is 0 Å². The van der Waals surface area contributed by atoms with Crippen LogP contribution in [-0.4, -0.2) is 19.1 Å². The highest BCUT2D eigenvalue weighted by Crippen LogP contribution is 2.28. The van der Waals surface area contributed by atoms with Gasteiger partial charge in [0.25, 0.3) is 0 Å². The topological polar surface area (TPSA) is 64.3 Å². The standard InChI is InChI=1S/C16H24N2O2/c1-10-4-7-15(20-3)14(8-10)11(2)18-16(19)12-5-6-13(17)9-12/h4,7-8,11-13H,5-6,9,17H2,1-3H3,(H,18,19). The van der Waals surface area contributed by atoms with E-state index in [0.717, 1.165) is 36.1 Å². The molecule has 110 valence electrons. The summed E-state index contributed by atoms with van der Waals surface area (Å²) < 4.78 is 5.37. The molecule has 3 unspecified atom stereocenters. The number of methoxy groups -OCH3 is 1. The van der Waals surface area contributed by atoms with Crippen LogP contribution in [0.25, 0.3) is 0 Å². The molecule has 0 bridgehead atoms. The monoisotopic (exact) mass is 276 g/mol. The predicted octanol–water partition coefficient (Wildman–Crippen LogP) is 2.31. The van der Waals surface area contributed by atoms with Crippen LogP contribution in [0.3, 0.4) is 0 Å². The maximum atomic E-state index is 12.3. The Kier molecular flexibility index (Phi) is 4.65. The summed E-state index contributed by atoms with van der Waals surface area (Å²) in [5.74, 6) is 0.976. The second kappa shape index (κ2) is 6.27. The number of nitrogens with two attached hydrogens (primary N) is 1. The number of ether oxygens (including phenoxy) is 1. The average Bonchev–Trinajstić information content (AvgIpc) is 2.85. The van der Waals surface area contributed by atoms with E-state index in [9.17, 15) is 4.79 Å². The van der Waals surface area contributed by atoms with E-state index in [4.69, 9.17) is 10.5 Å². The number of hydrogen-bond acceptors (Lipinski definition) is 3. The van der Waals surface area contributed by atoms with E-state index in [2.05, 4.69) is 11.4 Å². The number of hydrogen-bond donors (Lipinski definition) is 2. The SMILES string of the molecule is COc1ccc(C)cc1C(C)NC(=O)C1CCC(N)C1. The molecule has 20 heavy (non-hydrogen) atoms. The van der Waals surface area contributed by atoms with Gasteiger partial charge in [-0.1, -0.05) is 17.7 Å². The first-order chi connectivity index (χ1) is 9.51.